The predicted molar refractivity (Wildman–Crippen MR) is 129 cm³/mol. The van der Waals surface area contributed by atoms with Gasteiger partial charge in [-0.2, -0.15) is 0 Å². The van der Waals surface area contributed by atoms with Crippen LogP contribution in [0.2, 0.25) is 0 Å². The van der Waals surface area contributed by atoms with E-state index in [1.165, 1.54) is 6.20 Å². The molecule has 1 amide bonds. The number of rotatable bonds is 10. The molecule has 0 saturated carbocycles. The normalized spacial score (nSPS) is 15.3. The van der Waals surface area contributed by atoms with Gasteiger partial charge in [-0.1, -0.05) is 26.8 Å². The average Bonchev–Trinajstić information content (AvgIpc) is 2.78. The van der Waals surface area contributed by atoms with Gasteiger partial charge in [0.1, 0.15) is 5.82 Å². The van der Waals surface area contributed by atoms with Crippen molar-refractivity contribution in [3.63, 3.8) is 0 Å². The molecule has 0 bridgehead atoms. The second-order valence-electron chi connectivity index (χ2n) is 9.09. The quantitative estimate of drug-likeness (QED) is 0.494. The zero-order valence-electron chi connectivity index (χ0n) is 19.6. The maximum Gasteiger partial charge on any atom is 0.303 e. The van der Waals surface area contributed by atoms with Gasteiger partial charge in [-0.25, -0.2) is 4.98 Å². The number of nitrogens with one attached hydrogen (secondary N) is 1. The minimum atomic E-state index is -0.826. The number of anilines is 3. The Morgan fingerprint density at radius 1 is 1.21 bits per heavy atom. The van der Waals surface area contributed by atoms with E-state index in [2.05, 4.69) is 35.1 Å². The van der Waals surface area contributed by atoms with Gasteiger partial charge >= 0.3 is 5.97 Å². The number of nitrogens with two attached hydrogens (primary N) is 1. The Hall–Kier alpha value is -3.13. The smallest absolute Gasteiger partial charge is 0.303 e. The fourth-order valence-corrected chi connectivity index (χ4v) is 4.18. The first kappa shape index (κ1) is 24.5. The molecule has 178 valence electrons. The fraction of sp³-hybridized carbons (Fsp3) is 0.480. The molecule has 1 aliphatic heterocycles. The maximum absolute atomic E-state index is 11.4. The lowest BCUT2D eigenvalue weighted by Crippen LogP contribution is -2.42. The Balaban J connectivity index is 2.00. The Kier molecular flexibility index (Phi) is 8.27. The number of carbonyl (C=O) groups excluding carboxylic acids is 1. The van der Waals surface area contributed by atoms with E-state index in [-0.39, 0.29) is 12.3 Å². The zero-order valence-corrected chi connectivity index (χ0v) is 19.6. The SMILES string of the molecule is CC(C)CN(c1ccc([C@H](C)CC(=O)O)cc1Nc1ccc(C(N)=O)cn1)C1CCOCC1. The summed E-state index contributed by atoms with van der Waals surface area (Å²) in [5.74, 6) is -0.445. The second-order valence-corrected chi connectivity index (χ2v) is 9.09. The number of carboxylic acid groups (broad SMARTS) is 1. The van der Waals surface area contributed by atoms with Crippen LogP contribution in [0.15, 0.2) is 36.5 Å². The molecule has 1 aromatic carbocycles. The summed E-state index contributed by atoms with van der Waals surface area (Å²) >= 11 is 0. The number of pyridine rings is 1. The van der Waals surface area contributed by atoms with E-state index in [1.54, 1.807) is 12.1 Å². The number of carboxylic acids is 1. The highest BCUT2D eigenvalue weighted by Gasteiger charge is 2.25. The number of hydrogen-bond acceptors (Lipinski definition) is 6. The fourth-order valence-electron chi connectivity index (χ4n) is 4.18. The van der Waals surface area contributed by atoms with Crippen LogP contribution in [-0.4, -0.2) is 47.8 Å². The zero-order chi connectivity index (χ0) is 24.0. The van der Waals surface area contributed by atoms with Crippen LogP contribution < -0.4 is 16.0 Å². The van der Waals surface area contributed by atoms with Gasteiger partial charge in [0.05, 0.1) is 23.4 Å². The summed E-state index contributed by atoms with van der Waals surface area (Å²) in [5, 5.41) is 12.6. The third-order valence-corrected chi connectivity index (χ3v) is 5.88. The highest BCUT2D eigenvalue weighted by Crippen LogP contribution is 2.36. The Bertz CT molecular complexity index is 955. The molecule has 1 fully saturated rings. The molecule has 2 heterocycles. The van der Waals surface area contributed by atoms with Crippen molar-refractivity contribution < 1.29 is 19.4 Å². The van der Waals surface area contributed by atoms with E-state index in [1.807, 2.05) is 19.1 Å². The standard InChI is InChI=1S/C25H34N4O4/c1-16(2)15-29(20-8-10-33-11-9-20)22-6-4-18(17(3)12-24(30)31)13-21(22)28-23-7-5-19(14-27-23)25(26)32/h4-7,13-14,16-17,20H,8-12,15H2,1-3H3,(H2,26,32)(H,27,28)(H,30,31)/t17-/m1/s1. The van der Waals surface area contributed by atoms with Crippen LogP contribution in [0.4, 0.5) is 17.2 Å². The van der Waals surface area contributed by atoms with Crippen molar-refractivity contribution in [2.24, 2.45) is 11.7 Å². The summed E-state index contributed by atoms with van der Waals surface area (Å²) in [5.41, 5.74) is 8.52. The van der Waals surface area contributed by atoms with Crippen molar-refractivity contribution in [2.75, 3.05) is 30.0 Å². The van der Waals surface area contributed by atoms with Crippen molar-refractivity contribution in [3.05, 3.63) is 47.7 Å². The lowest BCUT2D eigenvalue weighted by Gasteiger charge is -2.38. The minimum absolute atomic E-state index is 0.0556. The van der Waals surface area contributed by atoms with Gasteiger partial charge in [-0.05, 0) is 54.5 Å². The van der Waals surface area contributed by atoms with Gasteiger partial charge in [-0.15, -0.1) is 0 Å². The summed E-state index contributed by atoms with van der Waals surface area (Å²) in [6, 6.07) is 9.82. The van der Waals surface area contributed by atoms with Crippen LogP contribution in [0.5, 0.6) is 0 Å². The molecule has 0 radical (unpaired) electrons. The van der Waals surface area contributed by atoms with Crippen LogP contribution in [0.1, 0.15) is 61.9 Å². The van der Waals surface area contributed by atoms with E-state index in [4.69, 9.17) is 10.5 Å². The van der Waals surface area contributed by atoms with Crippen molar-refractivity contribution in [3.8, 4) is 0 Å². The first-order chi connectivity index (χ1) is 15.7. The van der Waals surface area contributed by atoms with Crippen LogP contribution in [-0.2, 0) is 9.53 Å². The van der Waals surface area contributed by atoms with Crippen molar-refractivity contribution in [1.29, 1.82) is 0 Å². The van der Waals surface area contributed by atoms with Gasteiger partial charge in [0.15, 0.2) is 0 Å². The summed E-state index contributed by atoms with van der Waals surface area (Å²) in [6.45, 7) is 8.69. The number of carbonyl (C=O) groups is 2. The molecule has 33 heavy (non-hydrogen) atoms. The van der Waals surface area contributed by atoms with E-state index in [0.717, 1.165) is 49.5 Å². The molecule has 1 aromatic heterocycles. The molecule has 8 nitrogen and oxygen atoms in total. The van der Waals surface area contributed by atoms with Gasteiger partial charge in [-0.3, -0.25) is 9.59 Å². The third kappa shape index (κ3) is 6.68. The number of ether oxygens (including phenoxy) is 1. The van der Waals surface area contributed by atoms with Crippen LogP contribution in [0.25, 0.3) is 0 Å². The largest absolute Gasteiger partial charge is 0.481 e. The molecule has 1 atom stereocenters. The van der Waals surface area contributed by atoms with Crippen LogP contribution >= 0.6 is 0 Å². The number of nitrogens with zero attached hydrogens (tertiary/aromatic N) is 2. The number of benzene rings is 1. The van der Waals surface area contributed by atoms with Crippen LogP contribution in [0, 0.1) is 5.92 Å². The summed E-state index contributed by atoms with van der Waals surface area (Å²) in [7, 11) is 0. The molecular weight excluding hydrogens is 420 g/mol. The topological polar surface area (TPSA) is 118 Å². The first-order valence-electron chi connectivity index (χ1n) is 11.5. The monoisotopic (exact) mass is 454 g/mol. The average molecular weight is 455 g/mol. The van der Waals surface area contributed by atoms with E-state index in [9.17, 15) is 14.7 Å². The van der Waals surface area contributed by atoms with Gasteiger partial charge < -0.3 is 25.8 Å². The van der Waals surface area contributed by atoms with Crippen molar-refractivity contribution in [1.82, 2.24) is 4.98 Å². The minimum Gasteiger partial charge on any atom is -0.481 e. The number of primary amides is 1. The van der Waals surface area contributed by atoms with E-state index >= 15 is 0 Å². The van der Waals surface area contributed by atoms with Crippen molar-refractivity contribution in [2.45, 2.75) is 52.0 Å². The lowest BCUT2D eigenvalue weighted by atomic mass is 9.95. The molecule has 4 N–H and O–H groups in total. The lowest BCUT2D eigenvalue weighted by molar-refractivity contribution is -0.137. The number of amides is 1. The predicted octanol–water partition coefficient (Wildman–Crippen LogP) is 4.14. The summed E-state index contributed by atoms with van der Waals surface area (Å²) in [4.78, 5) is 29.4. The summed E-state index contributed by atoms with van der Waals surface area (Å²) in [6.07, 6.45) is 3.41. The van der Waals surface area contributed by atoms with Gasteiger partial charge in [0.2, 0.25) is 5.91 Å². The summed E-state index contributed by atoms with van der Waals surface area (Å²) < 4.78 is 5.59. The molecule has 3 rings (SSSR count). The molecule has 2 aromatic rings. The molecule has 0 aliphatic carbocycles. The molecule has 0 spiro atoms. The second kappa shape index (κ2) is 11.1. The number of hydrogen-bond donors (Lipinski definition) is 3. The molecular formula is C25H34N4O4. The molecule has 8 heteroatoms. The Morgan fingerprint density at radius 2 is 1.94 bits per heavy atom. The Labute approximate surface area is 195 Å². The number of aromatic nitrogens is 1. The first-order valence-corrected chi connectivity index (χ1v) is 11.5. The van der Waals surface area contributed by atoms with Gasteiger partial charge in [0, 0.05) is 32.0 Å². The maximum atomic E-state index is 11.4. The Morgan fingerprint density at radius 3 is 2.52 bits per heavy atom. The van der Waals surface area contributed by atoms with E-state index < -0.39 is 11.9 Å². The molecule has 0 unspecified atom stereocenters. The third-order valence-electron chi connectivity index (χ3n) is 5.88. The highest BCUT2D eigenvalue weighted by molar-refractivity contribution is 5.92. The molecule has 1 aliphatic rings. The van der Waals surface area contributed by atoms with Crippen LogP contribution in [0.3, 0.4) is 0 Å². The van der Waals surface area contributed by atoms with Crippen molar-refractivity contribution >= 4 is 29.1 Å². The number of aliphatic carboxylic acids is 1. The van der Waals surface area contributed by atoms with E-state index in [0.29, 0.717) is 23.3 Å². The van der Waals surface area contributed by atoms with Gasteiger partial charge in [0.25, 0.3) is 0 Å². The molecule has 1 saturated heterocycles. The highest BCUT2D eigenvalue weighted by atomic mass is 16.5.